The number of aliphatic imine (C=N–C) groups is 1. The first-order chi connectivity index (χ1) is 11.6. The Morgan fingerprint density at radius 3 is 2.62 bits per heavy atom. The number of aromatic nitrogens is 1. The largest absolute Gasteiger partial charge is 0.356 e. The Kier molecular flexibility index (Phi) is 7.99. The Morgan fingerprint density at radius 1 is 1.25 bits per heavy atom. The van der Waals surface area contributed by atoms with Crippen LogP contribution in [0.1, 0.15) is 56.7 Å². The van der Waals surface area contributed by atoms with Crippen molar-refractivity contribution < 1.29 is 0 Å². The van der Waals surface area contributed by atoms with Crippen LogP contribution < -0.4 is 10.6 Å². The van der Waals surface area contributed by atoms with Gasteiger partial charge in [0.15, 0.2) is 5.96 Å². The predicted molar refractivity (Wildman–Crippen MR) is 104 cm³/mol. The Labute approximate surface area is 151 Å². The molecule has 2 rings (SSSR count). The van der Waals surface area contributed by atoms with E-state index in [2.05, 4.69) is 51.7 Å². The monoisotopic (exact) mass is 351 g/mol. The number of rotatable bonds is 7. The van der Waals surface area contributed by atoms with Gasteiger partial charge in [0.05, 0.1) is 12.2 Å². The van der Waals surface area contributed by atoms with Crippen molar-refractivity contribution in [2.75, 3.05) is 33.2 Å². The second kappa shape index (κ2) is 9.99. The number of nitrogens with zero attached hydrogens (tertiary/aromatic N) is 3. The van der Waals surface area contributed by atoms with E-state index < -0.39 is 0 Å². The van der Waals surface area contributed by atoms with E-state index in [-0.39, 0.29) is 0 Å². The van der Waals surface area contributed by atoms with Crippen LogP contribution in [-0.4, -0.2) is 49.1 Å². The van der Waals surface area contributed by atoms with Crippen LogP contribution in [0.15, 0.2) is 10.4 Å². The fourth-order valence-corrected chi connectivity index (χ4v) is 3.86. The van der Waals surface area contributed by atoms with E-state index in [9.17, 15) is 0 Å². The van der Waals surface area contributed by atoms with Gasteiger partial charge in [0.25, 0.3) is 0 Å². The summed E-state index contributed by atoms with van der Waals surface area (Å²) in [7, 11) is 1.83. The van der Waals surface area contributed by atoms with Crippen molar-refractivity contribution >= 4 is 17.3 Å². The van der Waals surface area contributed by atoms with Crippen LogP contribution in [0, 0.1) is 5.92 Å². The fourth-order valence-electron chi connectivity index (χ4n) is 2.97. The van der Waals surface area contributed by atoms with Crippen molar-refractivity contribution in [1.82, 2.24) is 20.5 Å². The average Bonchev–Trinajstić information content (AvgIpc) is 3.05. The topological polar surface area (TPSA) is 52.6 Å². The molecular formula is C18H33N5S. The van der Waals surface area contributed by atoms with E-state index in [0.717, 1.165) is 24.1 Å². The van der Waals surface area contributed by atoms with Crippen LogP contribution in [0.5, 0.6) is 0 Å². The van der Waals surface area contributed by atoms with Crippen LogP contribution in [0.3, 0.4) is 0 Å². The molecule has 2 N–H and O–H groups in total. The van der Waals surface area contributed by atoms with E-state index in [1.165, 1.54) is 44.6 Å². The predicted octanol–water partition coefficient (Wildman–Crippen LogP) is 3.05. The molecule has 1 aromatic heterocycles. The molecule has 2 heterocycles. The molecule has 1 fully saturated rings. The molecule has 1 saturated heterocycles. The number of piperidine rings is 1. The molecule has 136 valence electrons. The number of thiazole rings is 1. The van der Waals surface area contributed by atoms with Gasteiger partial charge in [-0.3, -0.25) is 4.99 Å². The van der Waals surface area contributed by atoms with Crippen molar-refractivity contribution in [3.8, 4) is 0 Å². The Morgan fingerprint density at radius 2 is 2.00 bits per heavy atom. The average molecular weight is 352 g/mol. The summed E-state index contributed by atoms with van der Waals surface area (Å²) in [6.45, 7) is 12.0. The third kappa shape index (κ3) is 6.40. The SMILES string of the molecule is CN=C(NCc1nc(C(C)C)cs1)NCC(C)CN1CCCCC1. The Balaban J connectivity index is 1.69. The van der Waals surface area contributed by atoms with Crippen molar-refractivity contribution in [3.63, 3.8) is 0 Å². The maximum atomic E-state index is 4.66. The molecule has 1 aromatic rings. The van der Waals surface area contributed by atoms with Gasteiger partial charge >= 0.3 is 0 Å². The molecule has 1 unspecified atom stereocenters. The Hall–Kier alpha value is -1.14. The highest BCUT2D eigenvalue weighted by atomic mass is 32.1. The third-order valence-electron chi connectivity index (χ3n) is 4.43. The molecule has 1 aliphatic rings. The van der Waals surface area contributed by atoms with Crippen LogP contribution in [0.2, 0.25) is 0 Å². The molecule has 1 atom stereocenters. The molecule has 24 heavy (non-hydrogen) atoms. The summed E-state index contributed by atoms with van der Waals surface area (Å²) in [5.74, 6) is 1.97. The van der Waals surface area contributed by atoms with Gasteiger partial charge < -0.3 is 15.5 Å². The van der Waals surface area contributed by atoms with Crippen molar-refractivity contribution in [1.29, 1.82) is 0 Å². The first-order valence-corrected chi connectivity index (χ1v) is 10.1. The minimum atomic E-state index is 0.489. The highest BCUT2D eigenvalue weighted by Crippen LogP contribution is 2.17. The van der Waals surface area contributed by atoms with Gasteiger partial charge in [0, 0.05) is 25.5 Å². The van der Waals surface area contributed by atoms with Crippen LogP contribution in [-0.2, 0) is 6.54 Å². The minimum absolute atomic E-state index is 0.489. The van der Waals surface area contributed by atoms with Gasteiger partial charge in [-0.1, -0.05) is 27.2 Å². The summed E-state index contributed by atoms with van der Waals surface area (Å²) < 4.78 is 0. The summed E-state index contributed by atoms with van der Waals surface area (Å²) in [5.41, 5.74) is 1.18. The molecule has 5 nitrogen and oxygen atoms in total. The second-order valence-electron chi connectivity index (χ2n) is 7.09. The highest BCUT2D eigenvalue weighted by molar-refractivity contribution is 7.09. The third-order valence-corrected chi connectivity index (χ3v) is 5.30. The van der Waals surface area contributed by atoms with E-state index in [0.29, 0.717) is 11.8 Å². The summed E-state index contributed by atoms with van der Waals surface area (Å²) in [6.07, 6.45) is 4.11. The van der Waals surface area contributed by atoms with Gasteiger partial charge in [-0.25, -0.2) is 4.98 Å². The molecule has 0 bridgehead atoms. The van der Waals surface area contributed by atoms with Crippen molar-refractivity contribution in [2.24, 2.45) is 10.9 Å². The molecule has 1 aliphatic heterocycles. The van der Waals surface area contributed by atoms with E-state index in [1.54, 1.807) is 11.3 Å². The highest BCUT2D eigenvalue weighted by Gasteiger charge is 2.13. The summed E-state index contributed by atoms with van der Waals surface area (Å²) >= 11 is 1.71. The first-order valence-electron chi connectivity index (χ1n) is 9.19. The number of hydrogen-bond donors (Lipinski definition) is 2. The maximum Gasteiger partial charge on any atom is 0.191 e. The molecule has 6 heteroatoms. The molecule has 0 spiro atoms. The van der Waals surface area contributed by atoms with Crippen LogP contribution in [0.25, 0.3) is 0 Å². The fraction of sp³-hybridized carbons (Fsp3) is 0.778. The quantitative estimate of drug-likeness (QED) is 0.586. The summed E-state index contributed by atoms with van der Waals surface area (Å²) in [6, 6.07) is 0. The van der Waals surface area contributed by atoms with Crippen molar-refractivity contribution in [3.05, 3.63) is 16.1 Å². The lowest BCUT2D eigenvalue weighted by Crippen LogP contribution is -2.42. The normalized spacial score (nSPS) is 18.0. The second-order valence-corrected chi connectivity index (χ2v) is 8.04. The van der Waals surface area contributed by atoms with Crippen LogP contribution >= 0.6 is 11.3 Å². The van der Waals surface area contributed by atoms with E-state index in [4.69, 9.17) is 0 Å². The standard InChI is InChI=1S/C18H33N5S/c1-14(2)16-13-24-17(22-16)11-21-18(19-4)20-10-15(3)12-23-8-6-5-7-9-23/h13-15H,5-12H2,1-4H3,(H2,19,20,21). The van der Waals surface area contributed by atoms with Gasteiger partial charge in [-0.2, -0.15) is 0 Å². The van der Waals surface area contributed by atoms with Gasteiger partial charge in [-0.05, 0) is 37.8 Å². The lowest BCUT2D eigenvalue weighted by Gasteiger charge is -2.29. The van der Waals surface area contributed by atoms with E-state index in [1.807, 2.05) is 7.05 Å². The molecule has 0 aromatic carbocycles. The molecule has 0 aliphatic carbocycles. The zero-order valence-electron chi connectivity index (χ0n) is 15.6. The molecule has 0 radical (unpaired) electrons. The number of nitrogens with one attached hydrogen (secondary N) is 2. The lowest BCUT2D eigenvalue weighted by atomic mass is 10.1. The Bertz CT molecular complexity index is 505. The molecule has 0 saturated carbocycles. The van der Waals surface area contributed by atoms with Gasteiger partial charge in [0.1, 0.15) is 5.01 Å². The maximum absolute atomic E-state index is 4.66. The summed E-state index contributed by atoms with van der Waals surface area (Å²) in [4.78, 5) is 11.6. The van der Waals surface area contributed by atoms with Crippen LogP contribution in [0.4, 0.5) is 0 Å². The van der Waals surface area contributed by atoms with Gasteiger partial charge in [-0.15, -0.1) is 11.3 Å². The number of guanidine groups is 1. The molecule has 0 amide bonds. The summed E-state index contributed by atoms with van der Waals surface area (Å²) in [5, 5.41) is 10.1. The number of hydrogen-bond acceptors (Lipinski definition) is 4. The lowest BCUT2D eigenvalue weighted by molar-refractivity contribution is 0.201. The zero-order chi connectivity index (χ0) is 17.4. The zero-order valence-corrected chi connectivity index (χ0v) is 16.5. The first kappa shape index (κ1) is 19.2. The van der Waals surface area contributed by atoms with E-state index >= 15 is 0 Å². The minimum Gasteiger partial charge on any atom is -0.356 e. The molecular weight excluding hydrogens is 318 g/mol. The van der Waals surface area contributed by atoms with Gasteiger partial charge in [0.2, 0.25) is 0 Å². The smallest absolute Gasteiger partial charge is 0.191 e. The van der Waals surface area contributed by atoms with Crippen molar-refractivity contribution in [2.45, 2.75) is 52.5 Å². The number of likely N-dealkylation sites (tertiary alicyclic amines) is 1.